The van der Waals surface area contributed by atoms with Gasteiger partial charge in [0.05, 0.1) is 5.41 Å². The van der Waals surface area contributed by atoms with Crippen LogP contribution in [0.2, 0.25) is 0 Å². The van der Waals surface area contributed by atoms with Crippen LogP contribution in [0.5, 0.6) is 0 Å². The van der Waals surface area contributed by atoms with E-state index in [0.29, 0.717) is 11.5 Å². The molecule has 0 aromatic heterocycles. The Bertz CT molecular complexity index is 213. The average molecular weight is 189 g/mol. The molecule has 2 nitrogen and oxygen atoms in total. The molecule has 0 radical (unpaired) electrons. The summed E-state index contributed by atoms with van der Waals surface area (Å²) >= 11 is 5.64. The van der Waals surface area contributed by atoms with E-state index in [-0.39, 0.29) is 0 Å². The second-order valence-electron chi connectivity index (χ2n) is 3.43. The van der Waals surface area contributed by atoms with E-state index >= 15 is 0 Å². The number of hydrogen-bond donors (Lipinski definition) is 1. The number of halogens is 1. The van der Waals surface area contributed by atoms with Crippen LogP contribution >= 0.6 is 11.6 Å². The van der Waals surface area contributed by atoms with Crippen LogP contribution in [-0.4, -0.2) is 11.1 Å². The minimum absolute atomic E-state index is 0.490. The zero-order valence-electron chi connectivity index (χ0n) is 7.14. The predicted octanol–water partition coefficient (Wildman–Crippen LogP) is 2.77. The summed E-state index contributed by atoms with van der Waals surface area (Å²) in [6, 6.07) is 0. The number of rotatable bonds is 3. The minimum atomic E-state index is -0.678. The van der Waals surface area contributed by atoms with Crippen molar-refractivity contribution < 1.29 is 9.90 Å². The molecule has 0 spiro atoms. The Kier molecular flexibility index (Phi) is 2.78. The molecule has 1 N–H and O–H groups in total. The highest BCUT2D eigenvalue weighted by atomic mass is 35.5. The van der Waals surface area contributed by atoms with Gasteiger partial charge in [-0.25, -0.2) is 0 Å². The molecule has 0 atom stereocenters. The van der Waals surface area contributed by atoms with Crippen LogP contribution in [0.25, 0.3) is 0 Å². The second-order valence-corrected chi connectivity index (χ2v) is 4.03. The number of carboxylic acid groups (broad SMARTS) is 1. The van der Waals surface area contributed by atoms with E-state index in [4.69, 9.17) is 16.7 Å². The van der Waals surface area contributed by atoms with Gasteiger partial charge in [-0.05, 0) is 26.2 Å². The lowest BCUT2D eigenvalue weighted by atomic mass is 9.67. The van der Waals surface area contributed by atoms with Gasteiger partial charge >= 0.3 is 5.97 Å². The zero-order chi connectivity index (χ0) is 9.19. The lowest BCUT2D eigenvalue weighted by Gasteiger charge is -2.36. The van der Waals surface area contributed by atoms with Gasteiger partial charge in [0.15, 0.2) is 0 Å². The summed E-state index contributed by atoms with van der Waals surface area (Å²) in [5, 5.41) is 9.61. The minimum Gasteiger partial charge on any atom is -0.481 e. The fraction of sp³-hybridized carbons (Fsp3) is 0.667. The van der Waals surface area contributed by atoms with E-state index in [9.17, 15) is 4.79 Å². The molecule has 1 saturated carbocycles. The van der Waals surface area contributed by atoms with Crippen molar-refractivity contribution >= 4 is 17.6 Å². The van der Waals surface area contributed by atoms with Crippen molar-refractivity contribution in [2.45, 2.75) is 32.6 Å². The van der Waals surface area contributed by atoms with E-state index in [2.05, 4.69) is 0 Å². The molecule has 68 valence electrons. The molecule has 0 unspecified atom stereocenters. The lowest BCUT2D eigenvalue weighted by molar-refractivity contribution is -0.154. The van der Waals surface area contributed by atoms with Crippen LogP contribution in [-0.2, 0) is 4.79 Å². The first-order valence-corrected chi connectivity index (χ1v) is 4.50. The highest BCUT2D eigenvalue weighted by Crippen LogP contribution is 2.44. The molecule has 0 aromatic carbocycles. The third kappa shape index (κ3) is 1.81. The SMILES string of the molecule is CC(Cl)=CCC1(C(=O)O)CCC1. The fourth-order valence-corrected chi connectivity index (χ4v) is 1.52. The summed E-state index contributed by atoms with van der Waals surface area (Å²) in [4.78, 5) is 10.8. The summed E-state index contributed by atoms with van der Waals surface area (Å²) < 4.78 is 0. The van der Waals surface area contributed by atoms with Crippen molar-refractivity contribution in [3.63, 3.8) is 0 Å². The van der Waals surface area contributed by atoms with Crippen LogP contribution < -0.4 is 0 Å². The molecule has 1 aliphatic rings. The maximum absolute atomic E-state index is 10.8. The van der Waals surface area contributed by atoms with E-state index < -0.39 is 11.4 Å². The molecule has 0 aromatic rings. The third-order valence-corrected chi connectivity index (χ3v) is 2.69. The Hall–Kier alpha value is -0.500. The number of aliphatic carboxylic acids is 1. The number of carbonyl (C=O) groups is 1. The molecular weight excluding hydrogens is 176 g/mol. The number of carboxylic acids is 1. The van der Waals surface area contributed by atoms with Gasteiger partial charge in [0, 0.05) is 5.03 Å². The summed E-state index contributed by atoms with van der Waals surface area (Å²) in [6.45, 7) is 1.77. The monoisotopic (exact) mass is 188 g/mol. The van der Waals surface area contributed by atoms with Gasteiger partial charge in [-0.1, -0.05) is 24.1 Å². The van der Waals surface area contributed by atoms with Gasteiger partial charge in [0.2, 0.25) is 0 Å². The molecule has 0 bridgehead atoms. The van der Waals surface area contributed by atoms with Crippen LogP contribution in [0, 0.1) is 5.41 Å². The van der Waals surface area contributed by atoms with Crippen molar-refractivity contribution in [3.8, 4) is 0 Å². The van der Waals surface area contributed by atoms with E-state index in [1.165, 1.54) is 0 Å². The van der Waals surface area contributed by atoms with Gasteiger partial charge in [-0.3, -0.25) is 4.79 Å². The molecular formula is C9H13ClO2. The van der Waals surface area contributed by atoms with Gasteiger partial charge in [-0.2, -0.15) is 0 Å². The fourth-order valence-electron chi connectivity index (χ4n) is 1.44. The highest BCUT2D eigenvalue weighted by Gasteiger charge is 2.43. The molecule has 1 fully saturated rings. The summed E-state index contributed by atoms with van der Waals surface area (Å²) in [6.07, 6.45) is 5.00. The predicted molar refractivity (Wildman–Crippen MR) is 48.1 cm³/mol. The van der Waals surface area contributed by atoms with Crippen molar-refractivity contribution in [2.75, 3.05) is 0 Å². The first kappa shape index (κ1) is 9.59. The van der Waals surface area contributed by atoms with Gasteiger partial charge in [0.1, 0.15) is 0 Å². The first-order valence-electron chi connectivity index (χ1n) is 4.12. The van der Waals surface area contributed by atoms with E-state index in [1.54, 1.807) is 13.0 Å². The largest absolute Gasteiger partial charge is 0.481 e. The van der Waals surface area contributed by atoms with Crippen LogP contribution in [0.4, 0.5) is 0 Å². The van der Waals surface area contributed by atoms with Crippen LogP contribution in [0.3, 0.4) is 0 Å². The normalized spacial score (nSPS) is 21.7. The topological polar surface area (TPSA) is 37.3 Å². The molecule has 0 saturated heterocycles. The molecule has 1 aliphatic carbocycles. The van der Waals surface area contributed by atoms with Gasteiger partial charge in [0.25, 0.3) is 0 Å². The smallest absolute Gasteiger partial charge is 0.309 e. The maximum Gasteiger partial charge on any atom is 0.309 e. The molecule has 0 heterocycles. The highest BCUT2D eigenvalue weighted by molar-refractivity contribution is 6.29. The average Bonchev–Trinajstić information content (AvgIpc) is 1.83. The van der Waals surface area contributed by atoms with Crippen LogP contribution in [0.1, 0.15) is 32.6 Å². The van der Waals surface area contributed by atoms with Crippen molar-refractivity contribution in [3.05, 3.63) is 11.1 Å². The lowest BCUT2D eigenvalue weighted by Crippen LogP contribution is -2.37. The third-order valence-electron chi connectivity index (χ3n) is 2.54. The standard InChI is InChI=1S/C9H13ClO2/c1-7(10)3-6-9(8(11)12)4-2-5-9/h3H,2,4-6H2,1H3,(H,11,12). The Morgan fingerprint density at radius 3 is 2.50 bits per heavy atom. The molecule has 3 heteroatoms. The first-order chi connectivity index (χ1) is 5.57. The quantitative estimate of drug-likeness (QED) is 0.740. The molecule has 12 heavy (non-hydrogen) atoms. The zero-order valence-corrected chi connectivity index (χ0v) is 7.90. The summed E-state index contributed by atoms with van der Waals surface area (Å²) in [5.41, 5.74) is -0.490. The van der Waals surface area contributed by atoms with E-state index in [1.807, 2.05) is 0 Å². The second kappa shape index (κ2) is 3.48. The van der Waals surface area contributed by atoms with Gasteiger partial charge in [-0.15, -0.1) is 0 Å². The van der Waals surface area contributed by atoms with Gasteiger partial charge < -0.3 is 5.11 Å². The van der Waals surface area contributed by atoms with E-state index in [0.717, 1.165) is 19.3 Å². The van der Waals surface area contributed by atoms with Crippen molar-refractivity contribution in [1.29, 1.82) is 0 Å². The Balaban J connectivity index is 2.57. The Morgan fingerprint density at radius 2 is 2.25 bits per heavy atom. The molecule has 1 rings (SSSR count). The number of allylic oxidation sites excluding steroid dienone is 2. The van der Waals surface area contributed by atoms with Crippen LogP contribution in [0.15, 0.2) is 11.1 Å². The maximum atomic E-state index is 10.8. The summed E-state index contributed by atoms with van der Waals surface area (Å²) in [5.74, 6) is -0.678. The Morgan fingerprint density at radius 1 is 1.67 bits per heavy atom. The summed E-state index contributed by atoms with van der Waals surface area (Å²) in [7, 11) is 0. The molecule has 0 aliphatic heterocycles. The number of hydrogen-bond acceptors (Lipinski definition) is 1. The Labute approximate surface area is 77.2 Å². The van der Waals surface area contributed by atoms with Crippen molar-refractivity contribution in [1.82, 2.24) is 0 Å². The molecule has 0 amide bonds. The van der Waals surface area contributed by atoms with Crippen molar-refractivity contribution in [2.24, 2.45) is 5.41 Å².